The molecule has 242 valence electrons. The monoisotopic (exact) mass is 619 g/mol. The topological polar surface area (TPSA) is 3.24 Å². The van der Waals surface area contributed by atoms with E-state index in [0.29, 0.717) is 0 Å². The van der Waals surface area contributed by atoms with Crippen LogP contribution in [-0.2, 0) is 21.7 Å². The molecule has 1 spiro atoms. The third kappa shape index (κ3) is 4.27. The quantitative estimate of drug-likeness (QED) is 0.220. The van der Waals surface area contributed by atoms with Crippen molar-refractivity contribution in [2.24, 2.45) is 23.7 Å². The number of hydrogen-bond acceptors (Lipinski definition) is 1. The van der Waals surface area contributed by atoms with E-state index >= 15 is 0 Å². The van der Waals surface area contributed by atoms with Crippen molar-refractivity contribution in [3.05, 3.63) is 113 Å². The molecular weight excluding hydrogens is 567 g/mol. The summed E-state index contributed by atoms with van der Waals surface area (Å²) in [5.41, 5.74) is 15.2. The SMILES string of the molecule is CC(C)(C)c1ccc(N(c2ccc3c(c2)C(C)(C)CCC3(C)C)c2ccc3c(c2)C2(c4ccccc4-3)C3CC4CC(C3)CC2C4)cc1. The van der Waals surface area contributed by atoms with Gasteiger partial charge in [-0.15, -0.1) is 0 Å². The maximum Gasteiger partial charge on any atom is 0.0465 e. The molecule has 0 aromatic heterocycles. The Morgan fingerprint density at radius 3 is 1.70 bits per heavy atom. The molecule has 0 heterocycles. The van der Waals surface area contributed by atoms with Crippen LogP contribution in [0, 0.1) is 23.7 Å². The molecule has 0 N–H and O–H groups in total. The minimum Gasteiger partial charge on any atom is -0.310 e. The zero-order valence-electron chi connectivity index (χ0n) is 29.8. The summed E-state index contributed by atoms with van der Waals surface area (Å²) in [6.07, 6.45) is 9.61. The van der Waals surface area contributed by atoms with Gasteiger partial charge >= 0.3 is 0 Å². The van der Waals surface area contributed by atoms with E-state index in [1.807, 2.05) is 0 Å². The van der Waals surface area contributed by atoms with Gasteiger partial charge in [0.15, 0.2) is 0 Å². The number of fused-ring (bicyclic) bond motifs is 4. The van der Waals surface area contributed by atoms with Crippen LogP contribution in [0.4, 0.5) is 17.1 Å². The third-order valence-corrected chi connectivity index (χ3v) is 13.9. The Hall–Kier alpha value is -3.32. The van der Waals surface area contributed by atoms with Crippen molar-refractivity contribution in [2.45, 2.75) is 115 Å². The molecule has 0 radical (unpaired) electrons. The van der Waals surface area contributed by atoms with E-state index in [2.05, 4.69) is 138 Å². The number of nitrogens with zero attached hydrogens (tertiary/aromatic N) is 1. The van der Waals surface area contributed by atoms with Crippen LogP contribution in [0.15, 0.2) is 84.9 Å². The summed E-state index contributed by atoms with van der Waals surface area (Å²) < 4.78 is 0. The van der Waals surface area contributed by atoms with Crippen LogP contribution in [0.25, 0.3) is 11.1 Å². The normalized spacial score (nSPS) is 29.0. The average molecular weight is 620 g/mol. The van der Waals surface area contributed by atoms with Crippen molar-refractivity contribution in [3.8, 4) is 11.1 Å². The van der Waals surface area contributed by atoms with Crippen molar-refractivity contribution >= 4 is 17.1 Å². The van der Waals surface area contributed by atoms with Gasteiger partial charge in [-0.3, -0.25) is 0 Å². The molecule has 6 aliphatic carbocycles. The second-order valence-corrected chi connectivity index (χ2v) is 18.6. The van der Waals surface area contributed by atoms with Gasteiger partial charge < -0.3 is 4.90 Å². The minimum absolute atomic E-state index is 0.121. The van der Waals surface area contributed by atoms with Crippen LogP contribution in [0.3, 0.4) is 0 Å². The van der Waals surface area contributed by atoms with Crippen LogP contribution < -0.4 is 4.90 Å². The first-order valence-electron chi connectivity index (χ1n) is 18.7. The smallest absolute Gasteiger partial charge is 0.0465 e. The van der Waals surface area contributed by atoms with E-state index in [-0.39, 0.29) is 21.7 Å². The molecule has 4 aromatic rings. The largest absolute Gasteiger partial charge is 0.310 e. The Labute approximate surface area is 283 Å². The second kappa shape index (κ2) is 9.87. The molecule has 4 saturated carbocycles. The highest BCUT2D eigenvalue weighted by Crippen LogP contribution is 2.69. The molecule has 4 aromatic carbocycles. The highest BCUT2D eigenvalue weighted by atomic mass is 15.1. The predicted molar refractivity (Wildman–Crippen MR) is 198 cm³/mol. The Morgan fingerprint density at radius 1 is 0.532 bits per heavy atom. The van der Waals surface area contributed by atoms with Crippen molar-refractivity contribution in [3.63, 3.8) is 0 Å². The lowest BCUT2D eigenvalue weighted by atomic mass is 9.43. The van der Waals surface area contributed by atoms with Crippen LogP contribution in [0.1, 0.15) is 121 Å². The van der Waals surface area contributed by atoms with E-state index in [9.17, 15) is 0 Å². The molecule has 1 nitrogen and oxygen atoms in total. The van der Waals surface area contributed by atoms with Crippen molar-refractivity contribution < 1.29 is 0 Å². The van der Waals surface area contributed by atoms with Crippen molar-refractivity contribution in [1.29, 1.82) is 0 Å². The zero-order valence-corrected chi connectivity index (χ0v) is 29.8. The van der Waals surface area contributed by atoms with Gasteiger partial charge in [0, 0.05) is 22.5 Å². The Morgan fingerprint density at radius 2 is 1.06 bits per heavy atom. The Bertz CT molecular complexity index is 1850. The van der Waals surface area contributed by atoms with Gasteiger partial charge in [0.25, 0.3) is 0 Å². The maximum atomic E-state index is 2.66. The van der Waals surface area contributed by atoms with Gasteiger partial charge in [-0.2, -0.15) is 0 Å². The summed E-state index contributed by atoms with van der Waals surface area (Å²) in [5, 5.41) is 0. The fourth-order valence-corrected chi connectivity index (χ4v) is 11.6. The fourth-order valence-electron chi connectivity index (χ4n) is 11.6. The highest BCUT2D eigenvalue weighted by Gasteiger charge is 2.61. The predicted octanol–water partition coefficient (Wildman–Crippen LogP) is 12.5. The van der Waals surface area contributed by atoms with E-state index in [0.717, 1.165) is 23.7 Å². The molecule has 0 atom stereocenters. The van der Waals surface area contributed by atoms with E-state index in [1.165, 1.54) is 89.8 Å². The number of anilines is 3. The summed E-state index contributed by atoms with van der Waals surface area (Å²) in [4.78, 5) is 2.58. The lowest BCUT2D eigenvalue weighted by molar-refractivity contribution is -0.0399. The van der Waals surface area contributed by atoms with Gasteiger partial charge in [-0.25, -0.2) is 0 Å². The summed E-state index contributed by atoms with van der Waals surface area (Å²) in [6.45, 7) is 16.7. The van der Waals surface area contributed by atoms with Crippen molar-refractivity contribution in [2.75, 3.05) is 4.90 Å². The molecule has 6 aliphatic rings. The number of hydrogen-bond donors (Lipinski definition) is 0. The van der Waals surface area contributed by atoms with Crippen LogP contribution in [0.2, 0.25) is 0 Å². The number of benzene rings is 4. The Balaban J connectivity index is 1.25. The molecule has 0 unspecified atom stereocenters. The van der Waals surface area contributed by atoms with E-state index in [4.69, 9.17) is 0 Å². The highest BCUT2D eigenvalue weighted by molar-refractivity contribution is 5.86. The standard InChI is InChI=1S/C46H53N/c1-43(2,3)31-12-14-34(15-13-31)47(36-17-19-40-42(28-36)45(6,7)21-20-44(40,4)5)35-16-18-38-37-10-8-9-11-39(37)46(41(38)27-35)32-23-29-22-30(25-32)26-33(46)24-29/h8-19,27-30,32-33H,20-26H2,1-7H3. The van der Waals surface area contributed by atoms with Gasteiger partial charge in [-0.1, -0.05) is 97.0 Å². The van der Waals surface area contributed by atoms with Crippen LogP contribution in [0.5, 0.6) is 0 Å². The summed E-state index contributed by atoms with van der Waals surface area (Å²) in [7, 11) is 0. The number of rotatable bonds is 3. The van der Waals surface area contributed by atoms with Gasteiger partial charge in [0.2, 0.25) is 0 Å². The second-order valence-electron chi connectivity index (χ2n) is 18.6. The summed E-state index contributed by atoms with van der Waals surface area (Å²) in [5.74, 6) is 3.43. The first-order chi connectivity index (χ1) is 22.4. The summed E-state index contributed by atoms with van der Waals surface area (Å²) >= 11 is 0. The molecule has 0 saturated heterocycles. The lowest BCUT2D eigenvalue weighted by Crippen LogP contribution is -2.55. The molecule has 0 amide bonds. The lowest BCUT2D eigenvalue weighted by Gasteiger charge is -2.61. The minimum atomic E-state index is 0.121. The molecule has 0 aliphatic heterocycles. The average Bonchev–Trinajstić information content (AvgIpc) is 3.32. The fraction of sp³-hybridized carbons (Fsp3) is 0.478. The Kier molecular flexibility index (Phi) is 6.26. The third-order valence-electron chi connectivity index (χ3n) is 13.9. The summed E-state index contributed by atoms with van der Waals surface area (Å²) in [6, 6.07) is 34.0. The van der Waals surface area contributed by atoms with Crippen LogP contribution in [-0.4, -0.2) is 0 Å². The maximum absolute atomic E-state index is 2.66. The van der Waals surface area contributed by atoms with E-state index < -0.39 is 0 Å². The van der Waals surface area contributed by atoms with Gasteiger partial charge in [-0.05, 0) is 160 Å². The molecule has 4 fully saturated rings. The van der Waals surface area contributed by atoms with Crippen molar-refractivity contribution in [1.82, 2.24) is 0 Å². The molecular formula is C46H53N. The molecule has 10 rings (SSSR count). The first-order valence-corrected chi connectivity index (χ1v) is 18.7. The van der Waals surface area contributed by atoms with Crippen LogP contribution >= 0.6 is 0 Å². The molecule has 1 heteroatoms. The first kappa shape index (κ1) is 29.8. The van der Waals surface area contributed by atoms with E-state index in [1.54, 1.807) is 11.1 Å². The van der Waals surface area contributed by atoms with Gasteiger partial charge in [0.05, 0.1) is 0 Å². The zero-order chi connectivity index (χ0) is 32.5. The van der Waals surface area contributed by atoms with Gasteiger partial charge in [0.1, 0.15) is 0 Å². The molecule has 4 bridgehead atoms. The molecule has 47 heavy (non-hydrogen) atoms.